The van der Waals surface area contributed by atoms with Crippen LogP contribution in [0.3, 0.4) is 0 Å². The number of aliphatic hydroxyl groups is 1. The van der Waals surface area contributed by atoms with Crippen LogP contribution in [0.4, 0.5) is 5.69 Å². The van der Waals surface area contributed by atoms with Gasteiger partial charge in [0.05, 0.1) is 6.10 Å². The van der Waals surface area contributed by atoms with Gasteiger partial charge in [-0.2, -0.15) is 11.8 Å². The number of thioether (sulfide) groups is 1. The van der Waals surface area contributed by atoms with Crippen LogP contribution in [0.1, 0.15) is 24.5 Å². The summed E-state index contributed by atoms with van der Waals surface area (Å²) in [6.45, 7) is 0. The van der Waals surface area contributed by atoms with Crippen molar-refractivity contribution in [2.24, 2.45) is 0 Å². The largest absolute Gasteiger partial charge is 0.398 e. The summed E-state index contributed by atoms with van der Waals surface area (Å²) in [5, 5.41) is 9.80. The van der Waals surface area contributed by atoms with Gasteiger partial charge < -0.3 is 10.8 Å². The molecule has 0 bridgehead atoms. The van der Waals surface area contributed by atoms with Crippen molar-refractivity contribution in [1.82, 2.24) is 4.98 Å². The predicted octanol–water partition coefficient (Wildman–Crippen LogP) is 1.84. The van der Waals surface area contributed by atoms with Gasteiger partial charge in [0.2, 0.25) is 0 Å². The number of anilines is 1. The maximum Gasteiger partial charge on any atom is 0.0825 e. The molecule has 0 aromatic carbocycles. The molecule has 1 aromatic rings. The van der Waals surface area contributed by atoms with Crippen LogP contribution >= 0.6 is 11.8 Å². The molecule has 14 heavy (non-hydrogen) atoms. The van der Waals surface area contributed by atoms with E-state index in [2.05, 4.69) is 11.2 Å². The zero-order valence-electron chi connectivity index (χ0n) is 8.31. The average Bonchev–Trinajstić information content (AvgIpc) is 2.18. The van der Waals surface area contributed by atoms with Crippen LogP contribution in [0.2, 0.25) is 0 Å². The van der Waals surface area contributed by atoms with Gasteiger partial charge in [-0.25, -0.2) is 0 Å². The Hall–Kier alpha value is -0.740. The van der Waals surface area contributed by atoms with E-state index in [1.54, 1.807) is 30.2 Å². The summed E-state index contributed by atoms with van der Waals surface area (Å²) in [5.41, 5.74) is 7.09. The first-order chi connectivity index (χ1) is 6.75. The Morgan fingerprint density at radius 1 is 1.64 bits per heavy atom. The Morgan fingerprint density at radius 2 is 2.43 bits per heavy atom. The molecule has 0 aliphatic rings. The zero-order valence-corrected chi connectivity index (χ0v) is 9.13. The van der Waals surface area contributed by atoms with E-state index in [4.69, 9.17) is 5.73 Å². The van der Waals surface area contributed by atoms with Crippen LogP contribution in [-0.4, -0.2) is 22.1 Å². The molecular formula is C10H16N2OS. The molecule has 3 N–H and O–H groups in total. The van der Waals surface area contributed by atoms with Gasteiger partial charge in [-0.15, -0.1) is 0 Å². The van der Waals surface area contributed by atoms with Gasteiger partial charge in [-0.1, -0.05) is 0 Å². The number of pyridine rings is 1. The van der Waals surface area contributed by atoms with Crippen LogP contribution in [0.15, 0.2) is 18.5 Å². The van der Waals surface area contributed by atoms with E-state index >= 15 is 0 Å². The lowest BCUT2D eigenvalue weighted by atomic mass is 10.1. The van der Waals surface area contributed by atoms with E-state index in [0.717, 1.165) is 24.2 Å². The molecule has 1 aromatic heterocycles. The fourth-order valence-electron chi connectivity index (χ4n) is 1.27. The number of aliphatic hydroxyl groups excluding tert-OH is 1. The fourth-order valence-corrected chi connectivity index (χ4v) is 1.73. The van der Waals surface area contributed by atoms with E-state index in [1.165, 1.54) is 0 Å². The van der Waals surface area contributed by atoms with E-state index in [0.29, 0.717) is 5.69 Å². The number of nitrogens with zero attached hydrogens (tertiary/aromatic N) is 1. The highest BCUT2D eigenvalue weighted by Gasteiger charge is 2.09. The quantitative estimate of drug-likeness (QED) is 0.731. The molecule has 0 amide bonds. The van der Waals surface area contributed by atoms with E-state index in [9.17, 15) is 5.11 Å². The third-order valence-electron chi connectivity index (χ3n) is 2.07. The van der Waals surface area contributed by atoms with E-state index < -0.39 is 6.10 Å². The Bertz CT molecular complexity index is 281. The Balaban J connectivity index is 2.51. The summed E-state index contributed by atoms with van der Waals surface area (Å²) in [5.74, 6) is 1.07. The van der Waals surface area contributed by atoms with Gasteiger partial charge in [0, 0.05) is 23.6 Å². The van der Waals surface area contributed by atoms with Crippen LogP contribution in [0.5, 0.6) is 0 Å². The number of hydrogen-bond acceptors (Lipinski definition) is 4. The van der Waals surface area contributed by atoms with Crippen molar-refractivity contribution >= 4 is 17.4 Å². The minimum atomic E-state index is -0.476. The predicted molar refractivity (Wildman–Crippen MR) is 61.2 cm³/mol. The second-order valence-corrected chi connectivity index (χ2v) is 4.14. The van der Waals surface area contributed by atoms with Gasteiger partial charge in [0.25, 0.3) is 0 Å². The summed E-state index contributed by atoms with van der Waals surface area (Å²) < 4.78 is 0. The molecule has 0 saturated carbocycles. The second-order valence-electron chi connectivity index (χ2n) is 3.16. The minimum Gasteiger partial charge on any atom is -0.398 e. The van der Waals surface area contributed by atoms with Gasteiger partial charge in [0.15, 0.2) is 0 Å². The molecule has 1 atom stereocenters. The van der Waals surface area contributed by atoms with Crippen LogP contribution in [0, 0.1) is 0 Å². The molecule has 0 aliphatic heterocycles. The van der Waals surface area contributed by atoms with Crippen molar-refractivity contribution in [3.63, 3.8) is 0 Å². The fraction of sp³-hybridized carbons (Fsp3) is 0.500. The Morgan fingerprint density at radius 3 is 3.07 bits per heavy atom. The third-order valence-corrected chi connectivity index (χ3v) is 2.77. The SMILES string of the molecule is CSCCCC(O)c1cnccc1N. The summed E-state index contributed by atoms with van der Waals surface area (Å²) in [6, 6.07) is 1.72. The summed E-state index contributed by atoms with van der Waals surface area (Å²) in [7, 11) is 0. The molecule has 1 heterocycles. The lowest BCUT2D eigenvalue weighted by molar-refractivity contribution is 0.167. The van der Waals surface area contributed by atoms with Crippen molar-refractivity contribution in [1.29, 1.82) is 0 Å². The molecule has 3 nitrogen and oxygen atoms in total. The first kappa shape index (κ1) is 11.3. The molecule has 1 unspecified atom stereocenters. The first-order valence-electron chi connectivity index (χ1n) is 4.62. The van der Waals surface area contributed by atoms with Crippen molar-refractivity contribution < 1.29 is 5.11 Å². The van der Waals surface area contributed by atoms with Gasteiger partial charge in [-0.3, -0.25) is 4.98 Å². The second kappa shape index (κ2) is 5.88. The van der Waals surface area contributed by atoms with Crippen molar-refractivity contribution in [3.05, 3.63) is 24.0 Å². The molecule has 0 spiro atoms. The van der Waals surface area contributed by atoms with Gasteiger partial charge >= 0.3 is 0 Å². The number of rotatable bonds is 5. The molecule has 0 aliphatic carbocycles. The number of aromatic nitrogens is 1. The van der Waals surface area contributed by atoms with Crippen LogP contribution in [0.25, 0.3) is 0 Å². The van der Waals surface area contributed by atoms with Gasteiger partial charge in [-0.05, 0) is 30.9 Å². The smallest absolute Gasteiger partial charge is 0.0825 e. The monoisotopic (exact) mass is 212 g/mol. The summed E-state index contributed by atoms with van der Waals surface area (Å²) in [6.07, 6.45) is 6.60. The van der Waals surface area contributed by atoms with Crippen LogP contribution in [-0.2, 0) is 0 Å². The number of hydrogen-bond donors (Lipinski definition) is 2. The molecule has 1 rings (SSSR count). The molecule has 0 fully saturated rings. The average molecular weight is 212 g/mol. The number of nitrogen functional groups attached to an aromatic ring is 1. The number of nitrogens with two attached hydrogens (primary N) is 1. The van der Waals surface area contributed by atoms with E-state index in [-0.39, 0.29) is 0 Å². The topological polar surface area (TPSA) is 59.1 Å². The standard InChI is InChI=1S/C10H16N2OS/c1-14-6-2-3-10(13)8-7-12-5-4-9(8)11/h4-5,7,10,13H,2-3,6H2,1H3,(H2,11,12). The van der Waals surface area contributed by atoms with Gasteiger partial charge in [0.1, 0.15) is 0 Å². The van der Waals surface area contributed by atoms with E-state index in [1.807, 2.05) is 0 Å². The highest BCUT2D eigenvalue weighted by Crippen LogP contribution is 2.23. The lowest BCUT2D eigenvalue weighted by Crippen LogP contribution is -2.03. The lowest BCUT2D eigenvalue weighted by Gasteiger charge is -2.11. The van der Waals surface area contributed by atoms with Crippen molar-refractivity contribution in [2.75, 3.05) is 17.7 Å². The normalized spacial score (nSPS) is 12.7. The zero-order chi connectivity index (χ0) is 10.4. The summed E-state index contributed by atoms with van der Waals surface area (Å²) >= 11 is 1.79. The van der Waals surface area contributed by atoms with Crippen molar-refractivity contribution in [2.45, 2.75) is 18.9 Å². The molecular weight excluding hydrogens is 196 g/mol. The Kier molecular flexibility index (Phi) is 4.76. The van der Waals surface area contributed by atoms with Crippen molar-refractivity contribution in [3.8, 4) is 0 Å². The molecule has 0 saturated heterocycles. The molecule has 0 radical (unpaired) electrons. The third kappa shape index (κ3) is 3.20. The Labute approximate surface area is 88.7 Å². The maximum absolute atomic E-state index is 9.80. The molecule has 78 valence electrons. The maximum atomic E-state index is 9.80. The summed E-state index contributed by atoms with van der Waals surface area (Å²) in [4.78, 5) is 3.95. The first-order valence-corrected chi connectivity index (χ1v) is 6.01. The van der Waals surface area contributed by atoms with Crippen LogP contribution < -0.4 is 5.73 Å². The highest BCUT2D eigenvalue weighted by molar-refractivity contribution is 7.98. The minimum absolute atomic E-state index is 0.476. The highest BCUT2D eigenvalue weighted by atomic mass is 32.2. The molecule has 4 heteroatoms.